The van der Waals surface area contributed by atoms with Crippen molar-refractivity contribution in [3.63, 3.8) is 0 Å². The van der Waals surface area contributed by atoms with Crippen molar-refractivity contribution in [2.24, 2.45) is 0 Å². The number of nitrogens with two attached hydrogens (primary N) is 1. The molecule has 2 aromatic rings. The van der Waals surface area contributed by atoms with Gasteiger partial charge in [-0.25, -0.2) is 9.49 Å². The summed E-state index contributed by atoms with van der Waals surface area (Å²) in [6, 6.07) is 6.26. The summed E-state index contributed by atoms with van der Waals surface area (Å²) in [5.41, 5.74) is 4.99. The molecule has 1 amide bonds. The summed E-state index contributed by atoms with van der Waals surface area (Å²) in [4.78, 5) is 22.5. The van der Waals surface area contributed by atoms with Gasteiger partial charge in [-0.3, -0.25) is 9.59 Å². The number of nitrogens with one attached hydrogen (secondary N) is 2. The van der Waals surface area contributed by atoms with Crippen molar-refractivity contribution in [2.45, 2.75) is 0 Å². The fourth-order valence-corrected chi connectivity index (χ4v) is 1.27. The Labute approximate surface area is 101 Å². The van der Waals surface area contributed by atoms with E-state index in [9.17, 15) is 14.0 Å². The largest absolute Gasteiger partial charge is 0.396 e. The number of rotatable bonds is 2. The van der Waals surface area contributed by atoms with Gasteiger partial charge in [0.25, 0.3) is 11.5 Å². The van der Waals surface area contributed by atoms with Gasteiger partial charge in [0, 0.05) is 11.6 Å². The van der Waals surface area contributed by atoms with Crippen LogP contribution in [0.4, 0.5) is 15.9 Å². The lowest BCUT2D eigenvalue weighted by molar-refractivity contribution is 0.102. The van der Waals surface area contributed by atoms with E-state index in [2.05, 4.69) is 15.5 Å². The molecule has 1 aromatic heterocycles. The summed E-state index contributed by atoms with van der Waals surface area (Å²) in [5.74, 6) is -1.05. The number of H-pyrrole nitrogens is 1. The Kier molecular flexibility index (Phi) is 3.05. The zero-order valence-electron chi connectivity index (χ0n) is 9.11. The lowest BCUT2D eigenvalue weighted by Gasteiger charge is -2.04. The molecule has 0 bridgehead atoms. The third kappa shape index (κ3) is 2.51. The van der Waals surface area contributed by atoms with Gasteiger partial charge >= 0.3 is 0 Å². The molecule has 0 fully saturated rings. The number of hydrogen-bond acceptors (Lipinski definition) is 4. The van der Waals surface area contributed by atoms with Crippen LogP contribution >= 0.6 is 0 Å². The molecule has 0 radical (unpaired) electrons. The Morgan fingerprint density at radius 2 is 2.11 bits per heavy atom. The smallest absolute Gasteiger partial charge is 0.264 e. The highest BCUT2D eigenvalue weighted by Gasteiger charge is 2.09. The number of carbonyl (C=O) groups is 1. The molecule has 0 saturated carbocycles. The lowest BCUT2D eigenvalue weighted by atomic mass is 10.2. The van der Waals surface area contributed by atoms with Crippen LogP contribution in [0, 0.1) is 5.82 Å². The molecule has 7 heteroatoms. The second-order valence-corrected chi connectivity index (χ2v) is 3.50. The molecule has 1 aromatic carbocycles. The average molecular weight is 248 g/mol. The maximum Gasteiger partial charge on any atom is 0.264 e. The minimum Gasteiger partial charge on any atom is -0.396 e. The van der Waals surface area contributed by atoms with E-state index >= 15 is 0 Å². The summed E-state index contributed by atoms with van der Waals surface area (Å²) >= 11 is 0. The minimum absolute atomic E-state index is 0.0336. The first-order valence-electron chi connectivity index (χ1n) is 4.98. The lowest BCUT2D eigenvalue weighted by Crippen LogP contribution is -2.16. The van der Waals surface area contributed by atoms with Crippen LogP contribution in [0.3, 0.4) is 0 Å². The SMILES string of the molecule is Nc1ccc(C(=O)Nc2ccc(=O)[nH]n2)cc1F. The molecular formula is C11H9FN4O2. The summed E-state index contributed by atoms with van der Waals surface area (Å²) in [5, 5.41) is 8.16. The number of nitrogens with zero attached hydrogens (tertiary/aromatic N) is 1. The third-order valence-corrected chi connectivity index (χ3v) is 2.18. The minimum atomic E-state index is -0.669. The highest BCUT2D eigenvalue weighted by atomic mass is 19.1. The van der Waals surface area contributed by atoms with Crippen LogP contribution in [0.2, 0.25) is 0 Å². The first kappa shape index (κ1) is 11.8. The number of aromatic nitrogens is 2. The van der Waals surface area contributed by atoms with Crippen LogP contribution in [0.15, 0.2) is 35.1 Å². The van der Waals surface area contributed by atoms with Crippen molar-refractivity contribution in [2.75, 3.05) is 11.1 Å². The molecule has 0 unspecified atom stereocenters. The van der Waals surface area contributed by atoms with E-state index in [1.54, 1.807) is 0 Å². The van der Waals surface area contributed by atoms with Crippen molar-refractivity contribution >= 4 is 17.4 Å². The van der Waals surface area contributed by atoms with E-state index in [-0.39, 0.29) is 22.6 Å². The molecule has 92 valence electrons. The van der Waals surface area contributed by atoms with Gasteiger partial charge < -0.3 is 11.1 Å². The monoisotopic (exact) mass is 248 g/mol. The molecule has 0 aliphatic heterocycles. The molecule has 1 heterocycles. The number of carbonyl (C=O) groups excluding carboxylic acids is 1. The fraction of sp³-hybridized carbons (Fsp3) is 0. The molecular weight excluding hydrogens is 239 g/mol. The summed E-state index contributed by atoms with van der Waals surface area (Å²) in [6.45, 7) is 0. The number of aromatic amines is 1. The first-order chi connectivity index (χ1) is 8.56. The van der Waals surface area contributed by atoms with E-state index in [1.807, 2.05) is 0 Å². The highest BCUT2D eigenvalue weighted by molar-refractivity contribution is 6.03. The van der Waals surface area contributed by atoms with Gasteiger partial charge in [0.1, 0.15) is 5.82 Å². The molecule has 2 rings (SSSR count). The van der Waals surface area contributed by atoms with Crippen LogP contribution in [0.1, 0.15) is 10.4 Å². The van der Waals surface area contributed by atoms with E-state index in [4.69, 9.17) is 5.73 Å². The number of amides is 1. The van der Waals surface area contributed by atoms with Crippen LogP contribution in [-0.4, -0.2) is 16.1 Å². The number of hydrogen-bond donors (Lipinski definition) is 3. The summed E-state index contributed by atoms with van der Waals surface area (Å²) < 4.78 is 13.2. The van der Waals surface area contributed by atoms with Crippen LogP contribution < -0.4 is 16.6 Å². The zero-order chi connectivity index (χ0) is 13.1. The average Bonchev–Trinajstić information content (AvgIpc) is 2.35. The van der Waals surface area contributed by atoms with E-state index in [0.29, 0.717) is 0 Å². The van der Waals surface area contributed by atoms with Gasteiger partial charge in [0.05, 0.1) is 5.69 Å². The van der Waals surface area contributed by atoms with Crippen LogP contribution in [0.25, 0.3) is 0 Å². The zero-order valence-corrected chi connectivity index (χ0v) is 9.11. The van der Waals surface area contributed by atoms with Gasteiger partial charge in [-0.15, -0.1) is 0 Å². The third-order valence-electron chi connectivity index (χ3n) is 2.18. The standard InChI is InChI=1S/C11H9FN4O2/c12-7-5-6(1-2-8(7)13)11(18)14-9-3-4-10(17)16-15-9/h1-5H,13H2,(H,16,17)(H,14,15,18). The second kappa shape index (κ2) is 4.66. The fourth-order valence-electron chi connectivity index (χ4n) is 1.27. The van der Waals surface area contributed by atoms with Crippen molar-refractivity contribution in [1.29, 1.82) is 0 Å². The Balaban J connectivity index is 2.19. The Hall–Kier alpha value is -2.70. The van der Waals surface area contributed by atoms with E-state index in [1.165, 1.54) is 24.3 Å². The van der Waals surface area contributed by atoms with Crippen molar-refractivity contribution < 1.29 is 9.18 Å². The normalized spacial score (nSPS) is 10.1. The van der Waals surface area contributed by atoms with Gasteiger partial charge in [-0.05, 0) is 24.3 Å². The van der Waals surface area contributed by atoms with Gasteiger partial charge in [-0.1, -0.05) is 0 Å². The van der Waals surface area contributed by atoms with Crippen LogP contribution in [-0.2, 0) is 0 Å². The second-order valence-electron chi connectivity index (χ2n) is 3.50. The molecule has 0 aliphatic carbocycles. The Morgan fingerprint density at radius 1 is 1.33 bits per heavy atom. The summed E-state index contributed by atoms with van der Waals surface area (Å²) in [7, 11) is 0. The molecule has 4 N–H and O–H groups in total. The van der Waals surface area contributed by atoms with Crippen molar-refractivity contribution in [1.82, 2.24) is 10.2 Å². The Morgan fingerprint density at radius 3 is 2.72 bits per heavy atom. The first-order valence-corrected chi connectivity index (χ1v) is 4.98. The number of nitrogen functional groups attached to an aromatic ring is 1. The Bertz CT molecular complexity index is 633. The van der Waals surface area contributed by atoms with Gasteiger partial charge in [0.2, 0.25) is 0 Å². The van der Waals surface area contributed by atoms with Crippen LogP contribution in [0.5, 0.6) is 0 Å². The predicted octanol–water partition coefficient (Wildman–Crippen LogP) is 0.744. The quantitative estimate of drug-likeness (QED) is 0.682. The summed E-state index contributed by atoms with van der Waals surface area (Å²) in [6.07, 6.45) is 0. The molecule has 18 heavy (non-hydrogen) atoms. The van der Waals surface area contributed by atoms with Crippen molar-refractivity contribution in [3.8, 4) is 0 Å². The molecule has 0 saturated heterocycles. The van der Waals surface area contributed by atoms with E-state index in [0.717, 1.165) is 6.07 Å². The van der Waals surface area contributed by atoms with Gasteiger partial charge in [-0.2, -0.15) is 5.10 Å². The molecule has 0 atom stereocenters. The maximum absolute atomic E-state index is 13.2. The van der Waals surface area contributed by atoms with Crippen molar-refractivity contribution in [3.05, 3.63) is 52.1 Å². The topological polar surface area (TPSA) is 101 Å². The molecule has 6 nitrogen and oxygen atoms in total. The predicted molar refractivity (Wildman–Crippen MR) is 63.6 cm³/mol. The number of halogens is 1. The highest BCUT2D eigenvalue weighted by Crippen LogP contribution is 2.13. The number of anilines is 2. The van der Waals surface area contributed by atoms with E-state index < -0.39 is 11.7 Å². The maximum atomic E-state index is 13.2. The number of benzene rings is 1. The van der Waals surface area contributed by atoms with Gasteiger partial charge in [0.15, 0.2) is 5.82 Å². The molecule has 0 spiro atoms. The molecule has 0 aliphatic rings.